The first-order valence-corrected chi connectivity index (χ1v) is 5.54. The molecule has 0 saturated heterocycles. The van der Waals surface area contributed by atoms with Gasteiger partial charge in [-0.1, -0.05) is 12.7 Å². The minimum atomic E-state index is -0.857. The summed E-state index contributed by atoms with van der Waals surface area (Å²) in [7, 11) is 0. The molecule has 0 aliphatic carbocycles. The summed E-state index contributed by atoms with van der Waals surface area (Å²) in [5.74, 6) is -1.08. The van der Waals surface area contributed by atoms with Gasteiger partial charge in [-0.05, 0) is 20.8 Å². The number of rotatable bonds is 5. The van der Waals surface area contributed by atoms with Gasteiger partial charge >= 0.3 is 12.1 Å². The lowest BCUT2D eigenvalue weighted by Gasteiger charge is -2.19. The van der Waals surface area contributed by atoms with Crippen LogP contribution in [0.15, 0.2) is 12.7 Å². The van der Waals surface area contributed by atoms with Gasteiger partial charge < -0.3 is 9.47 Å². The average Bonchev–Trinajstić information content (AvgIpc) is 2.21. The number of carbonyl (C=O) groups excluding carboxylic acids is 3. The summed E-state index contributed by atoms with van der Waals surface area (Å²) in [4.78, 5) is 33.5. The minimum absolute atomic E-state index is 0.0190. The lowest BCUT2D eigenvalue weighted by atomic mass is 10.2. The van der Waals surface area contributed by atoms with Crippen molar-refractivity contribution in [2.75, 3.05) is 6.61 Å². The predicted molar refractivity (Wildman–Crippen MR) is 64.8 cm³/mol. The fourth-order valence-electron chi connectivity index (χ4n) is 0.955. The number of amides is 2. The number of nitrogens with one attached hydrogen (secondary N) is 1. The Labute approximate surface area is 106 Å². The Morgan fingerprint density at radius 1 is 1.22 bits per heavy atom. The first-order chi connectivity index (χ1) is 8.24. The molecule has 0 radical (unpaired) electrons. The lowest BCUT2D eigenvalue weighted by molar-refractivity contribution is -0.155. The zero-order valence-corrected chi connectivity index (χ0v) is 10.9. The van der Waals surface area contributed by atoms with Crippen molar-refractivity contribution < 1.29 is 23.9 Å². The molecule has 2 amide bonds. The third-order valence-electron chi connectivity index (χ3n) is 1.55. The molecule has 0 aliphatic heterocycles. The van der Waals surface area contributed by atoms with E-state index < -0.39 is 23.6 Å². The van der Waals surface area contributed by atoms with Gasteiger partial charge in [-0.15, -0.1) is 0 Å². The van der Waals surface area contributed by atoms with Gasteiger partial charge in [-0.3, -0.25) is 14.9 Å². The second-order valence-electron chi connectivity index (χ2n) is 4.52. The molecule has 0 saturated carbocycles. The van der Waals surface area contributed by atoms with E-state index in [1.807, 2.05) is 5.32 Å². The van der Waals surface area contributed by atoms with Crippen LogP contribution in [0.5, 0.6) is 0 Å². The molecule has 0 aromatic heterocycles. The van der Waals surface area contributed by atoms with Crippen LogP contribution in [0.2, 0.25) is 0 Å². The van der Waals surface area contributed by atoms with Crippen LogP contribution in [0.3, 0.4) is 0 Å². The minimum Gasteiger partial charge on any atom is -0.460 e. The van der Waals surface area contributed by atoms with Crippen molar-refractivity contribution in [2.45, 2.75) is 39.2 Å². The number of hydrogen-bond donors (Lipinski definition) is 1. The number of ether oxygens (including phenoxy) is 2. The second kappa shape index (κ2) is 7.47. The van der Waals surface area contributed by atoms with E-state index in [0.717, 1.165) is 0 Å². The van der Waals surface area contributed by atoms with Crippen molar-refractivity contribution in [2.24, 2.45) is 0 Å². The lowest BCUT2D eigenvalue weighted by Crippen LogP contribution is -2.32. The van der Waals surface area contributed by atoms with Crippen LogP contribution in [0.25, 0.3) is 0 Å². The van der Waals surface area contributed by atoms with Crippen LogP contribution in [0.4, 0.5) is 4.79 Å². The molecule has 6 heteroatoms. The van der Waals surface area contributed by atoms with Crippen LogP contribution in [0, 0.1) is 0 Å². The molecule has 0 aromatic rings. The normalized spacial score (nSPS) is 10.4. The third kappa shape index (κ3) is 9.38. The van der Waals surface area contributed by atoms with Gasteiger partial charge in [0.25, 0.3) is 0 Å². The third-order valence-corrected chi connectivity index (χ3v) is 1.55. The Morgan fingerprint density at radius 3 is 2.33 bits per heavy atom. The molecule has 0 aromatic carbocycles. The SMILES string of the molecule is C=CCOC(=O)NC(=O)CCC(=O)OC(C)(C)C. The molecule has 0 atom stereocenters. The van der Waals surface area contributed by atoms with E-state index >= 15 is 0 Å². The van der Waals surface area contributed by atoms with Gasteiger partial charge in [-0.25, -0.2) is 4.79 Å². The molecule has 0 heterocycles. The molecular formula is C12H19NO5. The Morgan fingerprint density at radius 2 is 1.83 bits per heavy atom. The van der Waals surface area contributed by atoms with E-state index in [-0.39, 0.29) is 19.4 Å². The first-order valence-electron chi connectivity index (χ1n) is 5.54. The molecule has 0 bridgehead atoms. The van der Waals surface area contributed by atoms with Gasteiger partial charge in [-0.2, -0.15) is 0 Å². The van der Waals surface area contributed by atoms with Crippen molar-refractivity contribution in [3.63, 3.8) is 0 Å². The topological polar surface area (TPSA) is 81.7 Å². The summed E-state index contributed by atoms with van der Waals surface area (Å²) in [5.41, 5.74) is -0.587. The Kier molecular flexibility index (Phi) is 6.70. The molecule has 0 unspecified atom stereocenters. The number of esters is 1. The number of hydrogen-bond acceptors (Lipinski definition) is 5. The van der Waals surface area contributed by atoms with Gasteiger partial charge in [0, 0.05) is 6.42 Å². The summed E-state index contributed by atoms with van der Waals surface area (Å²) in [5, 5.41) is 1.98. The Balaban J connectivity index is 3.86. The van der Waals surface area contributed by atoms with Gasteiger partial charge in [0.15, 0.2) is 0 Å². The molecule has 0 fully saturated rings. The van der Waals surface area contributed by atoms with Crippen LogP contribution >= 0.6 is 0 Å². The highest BCUT2D eigenvalue weighted by Gasteiger charge is 2.17. The van der Waals surface area contributed by atoms with Crippen LogP contribution in [-0.4, -0.2) is 30.2 Å². The highest BCUT2D eigenvalue weighted by molar-refractivity contribution is 5.93. The Bertz CT molecular complexity index is 330. The summed E-state index contributed by atoms with van der Waals surface area (Å²) < 4.78 is 9.55. The molecule has 0 spiro atoms. The molecular weight excluding hydrogens is 238 g/mol. The highest BCUT2D eigenvalue weighted by atomic mass is 16.6. The summed E-state index contributed by atoms with van der Waals surface area (Å²) in [6, 6.07) is 0. The molecule has 18 heavy (non-hydrogen) atoms. The van der Waals surface area contributed by atoms with Crippen molar-refractivity contribution in [1.29, 1.82) is 0 Å². The van der Waals surface area contributed by atoms with Gasteiger partial charge in [0.2, 0.25) is 5.91 Å². The van der Waals surface area contributed by atoms with Crippen molar-refractivity contribution in [3.05, 3.63) is 12.7 Å². The van der Waals surface area contributed by atoms with Gasteiger partial charge in [0.1, 0.15) is 12.2 Å². The molecule has 102 valence electrons. The van der Waals surface area contributed by atoms with E-state index in [0.29, 0.717) is 0 Å². The highest BCUT2D eigenvalue weighted by Crippen LogP contribution is 2.08. The summed E-state index contributed by atoms with van der Waals surface area (Å²) in [6.07, 6.45) is 0.310. The second-order valence-corrected chi connectivity index (χ2v) is 4.52. The van der Waals surface area contributed by atoms with E-state index in [1.165, 1.54) is 6.08 Å². The quantitative estimate of drug-likeness (QED) is 0.597. The average molecular weight is 257 g/mol. The van der Waals surface area contributed by atoms with Crippen molar-refractivity contribution in [1.82, 2.24) is 5.32 Å². The maximum atomic E-state index is 11.3. The summed E-state index contributed by atoms with van der Waals surface area (Å²) in [6.45, 7) is 8.57. The van der Waals surface area contributed by atoms with Crippen LogP contribution in [0.1, 0.15) is 33.6 Å². The van der Waals surface area contributed by atoms with E-state index in [2.05, 4.69) is 11.3 Å². The van der Waals surface area contributed by atoms with Crippen LogP contribution in [-0.2, 0) is 19.1 Å². The van der Waals surface area contributed by atoms with E-state index in [1.54, 1.807) is 20.8 Å². The maximum absolute atomic E-state index is 11.3. The number of imide groups is 1. The monoisotopic (exact) mass is 257 g/mol. The van der Waals surface area contributed by atoms with Crippen molar-refractivity contribution >= 4 is 18.0 Å². The van der Waals surface area contributed by atoms with E-state index in [4.69, 9.17) is 4.74 Å². The van der Waals surface area contributed by atoms with E-state index in [9.17, 15) is 14.4 Å². The predicted octanol–water partition coefficient (Wildman–Crippen LogP) is 1.55. The zero-order valence-electron chi connectivity index (χ0n) is 10.9. The fraction of sp³-hybridized carbons (Fsp3) is 0.583. The Hall–Kier alpha value is -1.85. The van der Waals surface area contributed by atoms with Gasteiger partial charge in [0.05, 0.1) is 6.42 Å². The first kappa shape index (κ1) is 16.1. The van der Waals surface area contributed by atoms with Crippen LogP contribution < -0.4 is 5.32 Å². The molecule has 1 N–H and O–H groups in total. The summed E-state index contributed by atoms with van der Waals surface area (Å²) >= 11 is 0. The smallest absolute Gasteiger partial charge is 0.414 e. The zero-order chi connectivity index (χ0) is 14.2. The number of carbonyl (C=O) groups is 3. The fourth-order valence-corrected chi connectivity index (χ4v) is 0.955. The molecule has 0 rings (SSSR count). The standard InChI is InChI=1S/C12H19NO5/c1-5-8-17-11(16)13-9(14)6-7-10(15)18-12(2,3)4/h5H,1,6-8H2,2-4H3,(H,13,14,16). The maximum Gasteiger partial charge on any atom is 0.414 e. The molecule has 6 nitrogen and oxygen atoms in total. The number of alkyl carbamates (subject to hydrolysis) is 1. The van der Waals surface area contributed by atoms with Crippen molar-refractivity contribution in [3.8, 4) is 0 Å². The largest absolute Gasteiger partial charge is 0.460 e. The molecule has 0 aliphatic rings.